The molecule has 2 heteroatoms. The van der Waals surface area contributed by atoms with Crippen LogP contribution in [0.1, 0.15) is 30.5 Å². The lowest BCUT2D eigenvalue weighted by atomic mass is 9.97. The molecule has 21 heavy (non-hydrogen) atoms. The number of allylic oxidation sites excluding steroid dienone is 2. The van der Waals surface area contributed by atoms with Gasteiger partial charge < -0.3 is 5.32 Å². The topological polar surface area (TPSA) is 12.0 Å². The summed E-state index contributed by atoms with van der Waals surface area (Å²) in [4.78, 5) is 0. The van der Waals surface area contributed by atoms with Crippen molar-refractivity contribution in [1.82, 2.24) is 0 Å². The summed E-state index contributed by atoms with van der Waals surface area (Å²) in [5, 5.41) is 4.18. The van der Waals surface area contributed by atoms with Crippen LogP contribution in [0.5, 0.6) is 0 Å². The fourth-order valence-electron chi connectivity index (χ4n) is 2.23. The Morgan fingerprint density at radius 2 is 1.71 bits per heavy atom. The van der Waals surface area contributed by atoms with Crippen molar-refractivity contribution >= 4 is 28.4 Å². The minimum atomic E-state index is 0.739. The van der Waals surface area contributed by atoms with E-state index >= 15 is 0 Å². The SMILES string of the molecule is C=C(C)c1ccc(NCc2cccc(Cl)c2)cc1C(=C)C. The first-order chi connectivity index (χ1) is 9.97. The predicted octanol–water partition coefficient (Wildman–Crippen LogP) is 6.02. The summed E-state index contributed by atoms with van der Waals surface area (Å²) in [6.45, 7) is 12.8. The molecule has 0 aliphatic carbocycles. The molecule has 2 aromatic rings. The maximum Gasteiger partial charge on any atom is 0.0409 e. The molecule has 0 saturated carbocycles. The molecule has 0 spiro atoms. The van der Waals surface area contributed by atoms with Gasteiger partial charge in [0.2, 0.25) is 0 Å². The number of hydrogen-bond acceptors (Lipinski definition) is 1. The number of halogens is 1. The fraction of sp³-hybridized carbons (Fsp3) is 0.158. The predicted molar refractivity (Wildman–Crippen MR) is 94.6 cm³/mol. The van der Waals surface area contributed by atoms with E-state index in [2.05, 4.69) is 42.7 Å². The molecule has 0 heterocycles. The molecule has 0 saturated heterocycles. The van der Waals surface area contributed by atoms with Crippen LogP contribution >= 0.6 is 11.6 Å². The van der Waals surface area contributed by atoms with Crippen LogP contribution in [0, 0.1) is 0 Å². The molecule has 0 aromatic heterocycles. The Hall–Kier alpha value is -1.99. The van der Waals surface area contributed by atoms with E-state index in [0.29, 0.717) is 0 Å². The zero-order valence-electron chi connectivity index (χ0n) is 12.5. The molecule has 0 fully saturated rings. The molecule has 1 N–H and O–H groups in total. The summed E-state index contributed by atoms with van der Waals surface area (Å²) in [5.74, 6) is 0. The number of benzene rings is 2. The smallest absolute Gasteiger partial charge is 0.0409 e. The molecular formula is C19H20ClN. The van der Waals surface area contributed by atoms with Gasteiger partial charge >= 0.3 is 0 Å². The van der Waals surface area contributed by atoms with Crippen molar-refractivity contribution in [2.75, 3.05) is 5.32 Å². The summed E-state index contributed by atoms with van der Waals surface area (Å²) in [7, 11) is 0. The van der Waals surface area contributed by atoms with Crippen molar-refractivity contribution in [2.24, 2.45) is 0 Å². The largest absolute Gasteiger partial charge is 0.381 e. The number of hydrogen-bond donors (Lipinski definition) is 1. The molecule has 0 amide bonds. The zero-order chi connectivity index (χ0) is 15.4. The quantitative estimate of drug-likeness (QED) is 0.711. The molecule has 0 aliphatic heterocycles. The van der Waals surface area contributed by atoms with Crippen LogP contribution in [0.2, 0.25) is 5.02 Å². The Morgan fingerprint density at radius 1 is 1.00 bits per heavy atom. The average molecular weight is 298 g/mol. The van der Waals surface area contributed by atoms with Gasteiger partial charge in [0, 0.05) is 17.3 Å². The molecule has 108 valence electrons. The van der Waals surface area contributed by atoms with E-state index in [-0.39, 0.29) is 0 Å². The van der Waals surface area contributed by atoms with E-state index in [1.54, 1.807) is 0 Å². The molecule has 2 rings (SSSR count). The summed E-state index contributed by atoms with van der Waals surface area (Å²) in [6.07, 6.45) is 0. The van der Waals surface area contributed by atoms with Gasteiger partial charge in [-0.05, 0) is 54.8 Å². The second kappa shape index (κ2) is 6.64. The summed E-state index contributed by atoms with van der Waals surface area (Å²) in [6, 6.07) is 14.1. The normalized spacial score (nSPS) is 10.2. The molecule has 0 radical (unpaired) electrons. The number of nitrogens with one attached hydrogen (secondary N) is 1. The summed E-state index contributed by atoms with van der Waals surface area (Å²) >= 11 is 6.00. The van der Waals surface area contributed by atoms with Crippen molar-refractivity contribution in [3.8, 4) is 0 Å². The second-order valence-electron chi connectivity index (χ2n) is 5.30. The Bertz CT molecular complexity index is 686. The highest BCUT2D eigenvalue weighted by Gasteiger charge is 2.05. The van der Waals surface area contributed by atoms with Crippen molar-refractivity contribution in [3.05, 3.63) is 77.3 Å². The Labute approximate surface area is 132 Å². The van der Waals surface area contributed by atoms with Gasteiger partial charge in [-0.2, -0.15) is 0 Å². The van der Waals surface area contributed by atoms with E-state index in [4.69, 9.17) is 11.6 Å². The lowest BCUT2D eigenvalue weighted by molar-refractivity contribution is 1.15. The molecule has 0 bridgehead atoms. The van der Waals surface area contributed by atoms with Crippen LogP contribution in [0.25, 0.3) is 11.1 Å². The third kappa shape index (κ3) is 3.99. The zero-order valence-corrected chi connectivity index (χ0v) is 13.3. The average Bonchev–Trinajstić information content (AvgIpc) is 2.44. The van der Waals surface area contributed by atoms with E-state index < -0.39 is 0 Å². The Balaban J connectivity index is 2.19. The van der Waals surface area contributed by atoms with Crippen molar-refractivity contribution < 1.29 is 0 Å². The van der Waals surface area contributed by atoms with Crippen LogP contribution in [0.3, 0.4) is 0 Å². The molecule has 0 atom stereocenters. The van der Waals surface area contributed by atoms with Gasteiger partial charge in [0.25, 0.3) is 0 Å². The van der Waals surface area contributed by atoms with Gasteiger partial charge in [0.05, 0.1) is 0 Å². The molecule has 1 nitrogen and oxygen atoms in total. The molecule has 0 aliphatic rings. The first kappa shape index (κ1) is 15.4. The van der Waals surface area contributed by atoms with Crippen LogP contribution in [-0.2, 0) is 6.54 Å². The second-order valence-corrected chi connectivity index (χ2v) is 5.74. The maximum atomic E-state index is 6.00. The van der Waals surface area contributed by atoms with Crippen molar-refractivity contribution in [1.29, 1.82) is 0 Å². The van der Waals surface area contributed by atoms with Crippen LogP contribution < -0.4 is 5.32 Å². The third-order valence-corrected chi connectivity index (χ3v) is 3.56. The summed E-state index contributed by atoms with van der Waals surface area (Å²) in [5.41, 5.74) is 6.60. The lowest BCUT2D eigenvalue weighted by Gasteiger charge is -2.13. The first-order valence-electron chi connectivity index (χ1n) is 6.91. The van der Waals surface area contributed by atoms with E-state index in [0.717, 1.165) is 45.1 Å². The van der Waals surface area contributed by atoms with E-state index in [1.165, 1.54) is 0 Å². The molecular weight excluding hydrogens is 278 g/mol. The minimum Gasteiger partial charge on any atom is -0.381 e. The van der Waals surface area contributed by atoms with E-state index in [9.17, 15) is 0 Å². The van der Waals surface area contributed by atoms with Gasteiger partial charge in [0.1, 0.15) is 0 Å². The Kier molecular flexibility index (Phi) is 4.87. The highest BCUT2D eigenvalue weighted by atomic mass is 35.5. The Morgan fingerprint density at radius 3 is 2.33 bits per heavy atom. The lowest BCUT2D eigenvalue weighted by Crippen LogP contribution is -2.00. The third-order valence-electron chi connectivity index (χ3n) is 3.32. The van der Waals surface area contributed by atoms with Gasteiger partial charge in [-0.1, -0.05) is 54.1 Å². The highest BCUT2D eigenvalue weighted by Crippen LogP contribution is 2.27. The monoisotopic (exact) mass is 297 g/mol. The van der Waals surface area contributed by atoms with Gasteiger partial charge in [0.15, 0.2) is 0 Å². The fourth-order valence-corrected chi connectivity index (χ4v) is 2.44. The van der Waals surface area contributed by atoms with Crippen LogP contribution in [0.15, 0.2) is 55.6 Å². The van der Waals surface area contributed by atoms with Crippen molar-refractivity contribution in [2.45, 2.75) is 20.4 Å². The first-order valence-corrected chi connectivity index (χ1v) is 7.29. The standard InChI is InChI=1S/C19H20ClN/c1-13(2)18-9-8-17(11-19(18)14(3)4)21-12-15-6-5-7-16(20)10-15/h5-11,21H,1,3,12H2,2,4H3. The van der Waals surface area contributed by atoms with Crippen LogP contribution in [0.4, 0.5) is 5.69 Å². The van der Waals surface area contributed by atoms with Gasteiger partial charge in [-0.3, -0.25) is 0 Å². The van der Waals surface area contributed by atoms with E-state index in [1.807, 2.05) is 32.0 Å². The highest BCUT2D eigenvalue weighted by molar-refractivity contribution is 6.30. The summed E-state index contributed by atoms with van der Waals surface area (Å²) < 4.78 is 0. The molecule has 0 unspecified atom stereocenters. The van der Waals surface area contributed by atoms with Crippen molar-refractivity contribution in [3.63, 3.8) is 0 Å². The number of rotatable bonds is 5. The van der Waals surface area contributed by atoms with Gasteiger partial charge in [-0.15, -0.1) is 0 Å². The van der Waals surface area contributed by atoms with Crippen LogP contribution in [-0.4, -0.2) is 0 Å². The van der Waals surface area contributed by atoms with Gasteiger partial charge in [-0.25, -0.2) is 0 Å². The molecule has 2 aromatic carbocycles. The minimum absolute atomic E-state index is 0.739. The maximum absolute atomic E-state index is 6.00. The number of anilines is 1.